The zero-order chi connectivity index (χ0) is 20.0. The largest absolute Gasteiger partial charge is 0.494 e. The molecule has 3 aromatic heterocycles. The zero-order valence-corrected chi connectivity index (χ0v) is 16.8. The molecule has 2 fully saturated rings. The fourth-order valence-electron chi connectivity index (χ4n) is 4.57. The Morgan fingerprint density at radius 3 is 2.62 bits per heavy atom. The number of rotatable bonds is 4. The number of pyridine rings is 1. The number of aromatic nitrogens is 4. The summed E-state index contributed by atoms with van der Waals surface area (Å²) in [7, 11) is 1.62. The van der Waals surface area contributed by atoms with Gasteiger partial charge in [0.2, 0.25) is 0 Å². The number of methoxy groups -OCH3 is 1. The lowest BCUT2D eigenvalue weighted by atomic mass is 10.0. The number of nitrogens with one attached hydrogen (secondary N) is 1. The molecular formula is C21H25N7O. The van der Waals surface area contributed by atoms with E-state index in [1.807, 2.05) is 18.5 Å². The summed E-state index contributed by atoms with van der Waals surface area (Å²) in [6.07, 6.45) is 7.71. The number of nitrogens with zero attached hydrogens (tertiary/aromatic N) is 6. The van der Waals surface area contributed by atoms with Gasteiger partial charge >= 0.3 is 0 Å². The van der Waals surface area contributed by atoms with Crippen LogP contribution in [0.15, 0.2) is 24.7 Å². The predicted molar refractivity (Wildman–Crippen MR) is 109 cm³/mol. The monoisotopic (exact) mass is 391 g/mol. The fraction of sp³-hybridized carbons (Fsp3) is 0.476. The maximum absolute atomic E-state index is 9.32. The van der Waals surface area contributed by atoms with Crippen LogP contribution < -0.4 is 10.1 Å². The minimum absolute atomic E-state index is 0.438. The molecule has 0 saturated carbocycles. The van der Waals surface area contributed by atoms with Gasteiger partial charge in [0.1, 0.15) is 22.9 Å². The number of ether oxygens (including phenoxy) is 1. The molecule has 150 valence electrons. The summed E-state index contributed by atoms with van der Waals surface area (Å²) in [6, 6.07) is 5.30. The number of hydrogen-bond acceptors (Lipinski definition) is 6. The highest BCUT2D eigenvalue weighted by Crippen LogP contribution is 2.33. The van der Waals surface area contributed by atoms with Crippen LogP contribution >= 0.6 is 0 Å². The van der Waals surface area contributed by atoms with Crippen LogP contribution in [-0.2, 0) is 0 Å². The van der Waals surface area contributed by atoms with Crippen molar-refractivity contribution in [3.63, 3.8) is 0 Å². The van der Waals surface area contributed by atoms with E-state index >= 15 is 0 Å². The molecule has 0 aliphatic carbocycles. The van der Waals surface area contributed by atoms with E-state index in [2.05, 4.69) is 33.0 Å². The van der Waals surface area contributed by atoms with Crippen LogP contribution in [0.3, 0.4) is 0 Å². The van der Waals surface area contributed by atoms with E-state index in [1.54, 1.807) is 17.8 Å². The van der Waals surface area contributed by atoms with Gasteiger partial charge in [-0.05, 0) is 25.8 Å². The average Bonchev–Trinajstić information content (AvgIpc) is 3.30. The lowest BCUT2D eigenvalue weighted by Gasteiger charge is -2.42. The Hall–Kier alpha value is -2.89. The van der Waals surface area contributed by atoms with Crippen molar-refractivity contribution in [2.45, 2.75) is 31.8 Å². The molecule has 0 amide bonds. The van der Waals surface area contributed by atoms with Gasteiger partial charge in [0.15, 0.2) is 0 Å². The maximum Gasteiger partial charge on any atom is 0.146 e. The number of piperidine rings is 1. The minimum Gasteiger partial charge on any atom is -0.494 e. The van der Waals surface area contributed by atoms with Gasteiger partial charge in [-0.25, -0.2) is 4.52 Å². The van der Waals surface area contributed by atoms with Crippen LogP contribution in [0.1, 0.15) is 30.1 Å². The SMILES string of the molecule is COc1cc(-c2cnn(C3CCN(C4CNC4)CC3)c2C)cn2ncc(C#N)c12. The van der Waals surface area contributed by atoms with E-state index in [4.69, 9.17) is 9.84 Å². The molecule has 0 atom stereocenters. The summed E-state index contributed by atoms with van der Waals surface area (Å²) in [5.74, 6) is 0.645. The van der Waals surface area contributed by atoms with E-state index in [0.717, 1.165) is 61.9 Å². The third-order valence-electron chi connectivity index (χ3n) is 6.39. The molecule has 2 aliphatic heterocycles. The van der Waals surface area contributed by atoms with Crippen molar-refractivity contribution in [1.82, 2.24) is 29.6 Å². The van der Waals surface area contributed by atoms with Crippen LogP contribution in [-0.4, -0.2) is 63.6 Å². The van der Waals surface area contributed by atoms with Crippen molar-refractivity contribution in [3.05, 3.63) is 35.9 Å². The first kappa shape index (κ1) is 18.2. The zero-order valence-electron chi connectivity index (χ0n) is 16.8. The second kappa shape index (κ2) is 7.17. The van der Waals surface area contributed by atoms with E-state index in [9.17, 15) is 5.26 Å². The first-order chi connectivity index (χ1) is 14.2. The fourth-order valence-corrected chi connectivity index (χ4v) is 4.57. The minimum atomic E-state index is 0.438. The van der Waals surface area contributed by atoms with Crippen molar-refractivity contribution >= 4 is 5.52 Å². The Kier molecular flexibility index (Phi) is 4.49. The number of nitriles is 1. The predicted octanol–water partition coefficient (Wildman–Crippen LogP) is 2.00. The van der Waals surface area contributed by atoms with Gasteiger partial charge < -0.3 is 10.1 Å². The normalized spacial score (nSPS) is 18.7. The Labute approximate surface area is 169 Å². The van der Waals surface area contributed by atoms with Gasteiger partial charge in [0, 0.05) is 55.2 Å². The van der Waals surface area contributed by atoms with Gasteiger partial charge in [-0.2, -0.15) is 15.5 Å². The highest BCUT2D eigenvalue weighted by atomic mass is 16.5. The molecule has 29 heavy (non-hydrogen) atoms. The summed E-state index contributed by atoms with van der Waals surface area (Å²) in [5, 5.41) is 21.7. The Morgan fingerprint density at radius 2 is 1.97 bits per heavy atom. The first-order valence-electron chi connectivity index (χ1n) is 10.1. The summed E-state index contributed by atoms with van der Waals surface area (Å²) in [6.45, 7) is 6.65. The molecule has 0 spiro atoms. The van der Waals surface area contributed by atoms with Gasteiger partial charge in [0.25, 0.3) is 0 Å². The highest BCUT2D eigenvalue weighted by Gasteiger charge is 2.30. The Morgan fingerprint density at radius 1 is 1.17 bits per heavy atom. The highest BCUT2D eigenvalue weighted by molar-refractivity contribution is 5.75. The Bertz CT molecular complexity index is 1080. The third-order valence-corrected chi connectivity index (χ3v) is 6.39. The van der Waals surface area contributed by atoms with Crippen molar-refractivity contribution < 1.29 is 4.74 Å². The molecule has 8 heteroatoms. The van der Waals surface area contributed by atoms with Crippen LogP contribution in [0.4, 0.5) is 0 Å². The summed E-state index contributed by atoms with van der Waals surface area (Å²) >= 11 is 0. The van der Waals surface area contributed by atoms with E-state index < -0.39 is 0 Å². The topological polar surface area (TPSA) is 83.4 Å². The molecular weight excluding hydrogens is 366 g/mol. The molecule has 1 N–H and O–H groups in total. The summed E-state index contributed by atoms with van der Waals surface area (Å²) < 4.78 is 9.46. The molecule has 0 radical (unpaired) electrons. The maximum atomic E-state index is 9.32. The molecule has 0 bridgehead atoms. The number of likely N-dealkylation sites (tertiary alicyclic amines) is 1. The molecule has 5 heterocycles. The van der Waals surface area contributed by atoms with Gasteiger partial charge in [-0.3, -0.25) is 9.58 Å². The van der Waals surface area contributed by atoms with Crippen molar-refractivity contribution in [3.8, 4) is 22.9 Å². The van der Waals surface area contributed by atoms with E-state index in [0.29, 0.717) is 22.9 Å². The molecule has 2 saturated heterocycles. The van der Waals surface area contributed by atoms with Crippen LogP contribution in [0.25, 0.3) is 16.6 Å². The second-order valence-electron chi connectivity index (χ2n) is 7.93. The molecule has 0 unspecified atom stereocenters. The van der Waals surface area contributed by atoms with Crippen LogP contribution in [0.5, 0.6) is 5.75 Å². The molecule has 5 rings (SSSR count). The van der Waals surface area contributed by atoms with Crippen LogP contribution in [0.2, 0.25) is 0 Å². The van der Waals surface area contributed by atoms with E-state index in [-0.39, 0.29) is 0 Å². The lowest BCUT2D eigenvalue weighted by Crippen LogP contribution is -2.58. The van der Waals surface area contributed by atoms with Crippen molar-refractivity contribution in [2.75, 3.05) is 33.3 Å². The van der Waals surface area contributed by atoms with Gasteiger partial charge in [0.05, 0.1) is 25.5 Å². The number of fused-ring (bicyclic) bond motifs is 1. The van der Waals surface area contributed by atoms with Crippen molar-refractivity contribution in [1.29, 1.82) is 5.26 Å². The molecule has 3 aromatic rings. The number of hydrogen-bond donors (Lipinski definition) is 1. The van der Waals surface area contributed by atoms with E-state index in [1.165, 1.54) is 0 Å². The quantitative estimate of drug-likeness (QED) is 0.732. The first-order valence-corrected chi connectivity index (χ1v) is 10.1. The second-order valence-corrected chi connectivity index (χ2v) is 7.93. The Balaban J connectivity index is 1.43. The molecule has 2 aliphatic rings. The smallest absolute Gasteiger partial charge is 0.146 e. The van der Waals surface area contributed by atoms with Crippen LogP contribution in [0, 0.1) is 18.3 Å². The lowest BCUT2D eigenvalue weighted by molar-refractivity contribution is 0.0975. The molecule has 0 aromatic carbocycles. The van der Waals surface area contributed by atoms with Gasteiger partial charge in [-0.1, -0.05) is 0 Å². The standard InChI is InChI=1S/C21H25N7O/c1-14-19(15-7-20(29-2)21-16(8-22)9-24-27(21)13-15)12-25-28(14)17-3-5-26(6-4-17)18-10-23-11-18/h7,9,12-13,17-18,23H,3-6,10-11H2,1-2H3. The average molecular weight is 391 g/mol. The van der Waals surface area contributed by atoms with Gasteiger partial charge in [-0.15, -0.1) is 0 Å². The third kappa shape index (κ3) is 2.98. The summed E-state index contributed by atoms with van der Waals surface area (Å²) in [4.78, 5) is 2.61. The molecule has 8 nitrogen and oxygen atoms in total. The summed E-state index contributed by atoms with van der Waals surface area (Å²) in [5.41, 5.74) is 4.42. The van der Waals surface area contributed by atoms with Crippen molar-refractivity contribution in [2.24, 2.45) is 0 Å².